The first-order chi connectivity index (χ1) is 13.2. The van der Waals surface area contributed by atoms with Crippen molar-refractivity contribution in [3.05, 3.63) is 66.1 Å². The van der Waals surface area contributed by atoms with Gasteiger partial charge in [-0.15, -0.1) is 0 Å². The summed E-state index contributed by atoms with van der Waals surface area (Å²) in [5.74, 6) is 1.94. The van der Waals surface area contributed by atoms with Gasteiger partial charge in [0.2, 0.25) is 0 Å². The number of ether oxygens (including phenoxy) is 1. The SMILES string of the molecule is COc1ccc(CNC(=O)Nc2cccc(-c3cnc4n3CCC4)c2)cc1. The number of urea groups is 1. The van der Waals surface area contributed by atoms with Crippen LogP contribution in [0.2, 0.25) is 0 Å². The maximum Gasteiger partial charge on any atom is 0.319 e. The molecular weight excluding hydrogens is 340 g/mol. The molecule has 0 radical (unpaired) electrons. The van der Waals surface area contributed by atoms with Gasteiger partial charge in [-0.05, 0) is 36.2 Å². The van der Waals surface area contributed by atoms with Gasteiger partial charge in [0.15, 0.2) is 0 Å². The second-order valence-electron chi connectivity index (χ2n) is 6.55. The quantitative estimate of drug-likeness (QED) is 0.725. The highest BCUT2D eigenvalue weighted by Crippen LogP contribution is 2.27. The monoisotopic (exact) mass is 362 g/mol. The number of rotatable bonds is 5. The molecule has 2 N–H and O–H groups in total. The number of nitrogens with one attached hydrogen (secondary N) is 2. The van der Waals surface area contributed by atoms with Crippen molar-refractivity contribution >= 4 is 11.7 Å². The fourth-order valence-electron chi connectivity index (χ4n) is 3.35. The van der Waals surface area contributed by atoms with Crippen molar-refractivity contribution in [2.24, 2.45) is 0 Å². The van der Waals surface area contributed by atoms with E-state index < -0.39 is 0 Å². The first kappa shape index (κ1) is 17.1. The number of imidazole rings is 1. The van der Waals surface area contributed by atoms with Gasteiger partial charge in [0.25, 0.3) is 0 Å². The molecule has 0 spiro atoms. The number of fused-ring (bicyclic) bond motifs is 1. The molecule has 1 aromatic heterocycles. The molecule has 6 nitrogen and oxygen atoms in total. The minimum absolute atomic E-state index is 0.235. The lowest BCUT2D eigenvalue weighted by atomic mass is 10.1. The maximum atomic E-state index is 12.2. The van der Waals surface area contributed by atoms with Crippen LogP contribution in [0.3, 0.4) is 0 Å². The Balaban J connectivity index is 1.39. The summed E-state index contributed by atoms with van der Waals surface area (Å²) in [5, 5.41) is 5.77. The lowest BCUT2D eigenvalue weighted by Gasteiger charge is -2.10. The number of hydrogen-bond acceptors (Lipinski definition) is 3. The summed E-state index contributed by atoms with van der Waals surface area (Å²) in [7, 11) is 1.63. The zero-order valence-electron chi connectivity index (χ0n) is 15.2. The van der Waals surface area contributed by atoms with E-state index in [-0.39, 0.29) is 6.03 Å². The van der Waals surface area contributed by atoms with E-state index in [1.54, 1.807) is 7.11 Å². The van der Waals surface area contributed by atoms with Crippen molar-refractivity contribution in [1.29, 1.82) is 0 Å². The molecule has 1 aliphatic rings. The van der Waals surface area contributed by atoms with E-state index in [9.17, 15) is 4.79 Å². The number of hydrogen-bond donors (Lipinski definition) is 2. The number of methoxy groups -OCH3 is 1. The van der Waals surface area contributed by atoms with Gasteiger partial charge >= 0.3 is 6.03 Å². The molecule has 0 bridgehead atoms. The zero-order valence-corrected chi connectivity index (χ0v) is 15.2. The molecule has 0 saturated carbocycles. The van der Waals surface area contributed by atoms with Crippen molar-refractivity contribution in [3.8, 4) is 17.0 Å². The first-order valence-corrected chi connectivity index (χ1v) is 9.05. The van der Waals surface area contributed by atoms with Gasteiger partial charge in [-0.3, -0.25) is 0 Å². The van der Waals surface area contributed by atoms with Crippen molar-refractivity contribution in [3.63, 3.8) is 0 Å². The molecule has 0 saturated heterocycles. The molecule has 0 aliphatic carbocycles. The van der Waals surface area contributed by atoms with E-state index >= 15 is 0 Å². The summed E-state index contributed by atoms with van der Waals surface area (Å²) in [5.41, 5.74) is 3.93. The normalized spacial score (nSPS) is 12.5. The number of carbonyl (C=O) groups excluding carboxylic acids is 1. The number of amides is 2. The Labute approximate surface area is 158 Å². The molecule has 2 heterocycles. The van der Waals surface area contributed by atoms with Crippen LogP contribution >= 0.6 is 0 Å². The first-order valence-electron chi connectivity index (χ1n) is 9.05. The molecule has 138 valence electrons. The lowest BCUT2D eigenvalue weighted by Crippen LogP contribution is -2.28. The molecule has 3 aromatic rings. The van der Waals surface area contributed by atoms with Crippen LogP contribution in [0.15, 0.2) is 54.7 Å². The largest absolute Gasteiger partial charge is 0.497 e. The highest BCUT2D eigenvalue weighted by atomic mass is 16.5. The topological polar surface area (TPSA) is 68.2 Å². The second kappa shape index (κ2) is 7.53. The Hall–Kier alpha value is -3.28. The van der Waals surface area contributed by atoms with Crippen LogP contribution in [0.25, 0.3) is 11.3 Å². The Bertz CT molecular complexity index is 947. The third-order valence-corrected chi connectivity index (χ3v) is 4.75. The van der Waals surface area contributed by atoms with Crippen molar-refractivity contribution in [2.45, 2.75) is 25.9 Å². The molecular formula is C21H22N4O2. The van der Waals surface area contributed by atoms with Crippen molar-refractivity contribution < 1.29 is 9.53 Å². The summed E-state index contributed by atoms with van der Waals surface area (Å²) >= 11 is 0. The highest BCUT2D eigenvalue weighted by molar-refractivity contribution is 5.90. The molecule has 6 heteroatoms. The van der Waals surface area contributed by atoms with Gasteiger partial charge in [-0.25, -0.2) is 9.78 Å². The predicted octanol–water partition coefficient (Wildman–Crippen LogP) is 3.83. The number of aryl methyl sites for hydroxylation is 1. The van der Waals surface area contributed by atoms with Gasteiger partial charge in [0.1, 0.15) is 11.6 Å². The van der Waals surface area contributed by atoms with Gasteiger partial charge in [-0.1, -0.05) is 24.3 Å². The molecule has 2 amide bonds. The third-order valence-electron chi connectivity index (χ3n) is 4.75. The van der Waals surface area contributed by atoms with Gasteiger partial charge in [-0.2, -0.15) is 0 Å². The number of aromatic nitrogens is 2. The minimum Gasteiger partial charge on any atom is -0.497 e. The fourth-order valence-corrected chi connectivity index (χ4v) is 3.35. The average molecular weight is 362 g/mol. The molecule has 27 heavy (non-hydrogen) atoms. The highest BCUT2D eigenvalue weighted by Gasteiger charge is 2.16. The Kier molecular flexibility index (Phi) is 4.78. The van der Waals surface area contributed by atoms with E-state index in [0.717, 1.165) is 53.5 Å². The van der Waals surface area contributed by atoms with Gasteiger partial charge in [0, 0.05) is 30.8 Å². The van der Waals surface area contributed by atoms with Crippen LogP contribution in [0, 0.1) is 0 Å². The molecule has 1 aliphatic heterocycles. The standard InChI is InChI=1S/C21H22N4O2/c1-27-18-9-7-15(8-10-18)13-23-21(26)24-17-5-2-4-16(12-17)19-14-22-20-6-3-11-25(19)20/h2,4-5,7-10,12,14H,3,6,11,13H2,1H3,(H2,23,24,26). The number of nitrogens with zero attached hydrogens (tertiary/aromatic N) is 2. The predicted molar refractivity (Wildman–Crippen MR) is 105 cm³/mol. The zero-order chi connectivity index (χ0) is 18.6. The van der Waals surface area contributed by atoms with Crippen LogP contribution in [-0.4, -0.2) is 22.7 Å². The number of carbonyl (C=O) groups is 1. The lowest BCUT2D eigenvalue weighted by molar-refractivity contribution is 0.251. The molecule has 0 atom stereocenters. The number of benzene rings is 2. The summed E-state index contributed by atoms with van der Waals surface area (Å²) in [6.07, 6.45) is 4.09. The Morgan fingerprint density at radius 2 is 2.07 bits per heavy atom. The fraction of sp³-hybridized carbons (Fsp3) is 0.238. The molecule has 0 fully saturated rings. The third kappa shape index (κ3) is 3.79. The summed E-state index contributed by atoms with van der Waals surface area (Å²) in [6.45, 7) is 1.45. The van der Waals surface area contributed by atoms with E-state index in [4.69, 9.17) is 4.74 Å². The second-order valence-corrected chi connectivity index (χ2v) is 6.55. The minimum atomic E-state index is -0.235. The smallest absolute Gasteiger partial charge is 0.319 e. The average Bonchev–Trinajstić information content (AvgIpc) is 3.31. The Morgan fingerprint density at radius 3 is 2.89 bits per heavy atom. The van der Waals surface area contributed by atoms with E-state index in [1.165, 1.54) is 0 Å². The van der Waals surface area contributed by atoms with Crippen LogP contribution in [-0.2, 0) is 19.5 Å². The van der Waals surface area contributed by atoms with Crippen molar-refractivity contribution in [2.75, 3.05) is 12.4 Å². The van der Waals surface area contributed by atoms with E-state index in [2.05, 4.69) is 20.2 Å². The van der Waals surface area contributed by atoms with Gasteiger partial charge < -0.3 is 19.9 Å². The van der Waals surface area contributed by atoms with Crippen LogP contribution in [0.1, 0.15) is 17.8 Å². The summed E-state index contributed by atoms with van der Waals surface area (Å²) in [6, 6.07) is 15.2. The van der Waals surface area contributed by atoms with E-state index in [1.807, 2.05) is 54.7 Å². The summed E-state index contributed by atoms with van der Waals surface area (Å²) < 4.78 is 7.39. The van der Waals surface area contributed by atoms with Crippen LogP contribution in [0.4, 0.5) is 10.5 Å². The number of anilines is 1. The maximum absolute atomic E-state index is 12.2. The molecule has 0 unspecified atom stereocenters. The van der Waals surface area contributed by atoms with Crippen LogP contribution < -0.4 is 15.4 Å². The van der Waals surface area contributed by atoms with Crippen LogP contribution in [0.5, 0.6) is 5.75 Å². The Morgan fingerprint density at radius 1 is 1.22 bits per heavy atom. The van der Waals surface area contributed by atoms with Gasteiger partial charge in [0.05, 0.1) is 19.0 Å². The van der Waals surface area contributed by atoms with E-state index in [0.29, 0.717) is 6.54 Å². The van der Waals surface area contributed by atoms with Crippen molar-refractivity contribution in [1.82, 2.24) is 14.9 Å². The molecule has 2 aromatic carbocycles. The summed E-state index contributed by atoms with van der Waals surface area (Å²) in [4.78, 5) is 16.7. The molecule has 4 rings (SSSR count).